The van der Waals surface area contributed by atoms with Crippen LogP contribution in [0.3, 0.4) is 0 Å². The molecule has 5 heteroatoms. The Bertz CT molecular complexity index is 946. The van der Waals surface area contributed by atoms with Crippen molar-refractivity contribution in [2.24, 2.45) is 4.99 Å². The second-order valence-corrected chi connectivity index (χ2v) is 10.3. The zero-order chi connectivity index (χ0) is 21.4. The second kappa shape index (κ2) is 11.0. The summed E-state index contributed by atoms with van der Waals surface area (Å²) in [4.78, 5) is 4.52. The topological polar surface area (TPSA) is 32.6 Å². The van der Waals surface area contributed by atoms with Gasteiger partial charge in [0.15, 0.2) is 0 Å². The van der Waals surface area contributed by atoms with Crippen LogP contribution in [0.25, 0.3) is 11.1 Å². The number of phenolic OH excluding ortho intramolecular Hbond substituents is 1. The standard InChI is InChI=1S/C24H25NO.2ClH.Ti/c1-17-8-10-18(11-9-17)22-7-5-6-19(23(22)26)16-25-21-14-12-20(13-15-21)24(2,3)4;;;/h5-16,26H,1-4H3;2*1H;/q;;;+2/p-2. The summed E-state index contributed by atoms with van der Waals surface area (Å²) in [5, 5.41) is 10.6. The molecule has 0 saturated heterocycles. The van der Waals surface area contributed by atoms with E-state index in [9.17, 15) is 5.11 Å². The van der Waals surface area contributed by atoms with E-state index in [0.29, 0.717) is 5.56 Å². The molecule has 0 saturated carbocycles. The van der Waals surface area contributed by atoms with E-state index in [4.69, 9.17) is 18.6 Å². The number of aryl methyl sites for hydroxylation is 1. The monoisotopic (exact) mass is 461 g/mol. The van der Waals surface area contributed by atoms with E-state index in [0.717, 1.165) is 16.8 Å². The Balaban J connectivity index is 0.000000941. The molecule has 0 aliphatic carbocycles. The van der Waals surface area contributed by atoms with Gasteiger partial charge in [-0.1, -0.05) is 74.9 Å². The maximum atomic E-state index is 10.6. The fourth-order valence-corrected chi connectivity index (χ4v) is 2.82. The first kappa shape index (κ1) is 23.7. The van der Waals surface area contributed by atoms with E-state index in [1.54, 1.807) is 6.21 Å². The number of hydrogen-bond acceptors (Lipinski definition) is 2. The summed E-state index contributed by atoms with van der Waals surface area (Å²) in [6.07, 6.45) is 1.72. The van der Waals surface area contributed by atoms with Gasteiger partial charge in [0.25, 0.3) is 0 Å². The number of halogens is 2. The van der Waals surface area contributed by atoms with Gasteiger partial charge in [-0.15, -0.1) is 0 Å². The number of aromatic hydroxyl groups is 1. The quantitative estimate of drug-likeness (QED) is 0.313. The van der Waals surface area contributed by atoms with Gasteiger partial charge >= 0.3 is 35.6 Å². The van der Waals surface area contributed by atoms with Crippen LogP contribution in [0.2, 0.25) is 0 Å². The van der Waals surface area contributed by atoms with E-state index in [1.165, 1.54) is 11.1 Å². The normalized spacial score (nSPS) is 11.1. The molecule has 3 rings (SSSR count). The van der Waals surface area contributed by atoms with Crippen LogP contribution in [-0.4, -0.2) is 11.3 Å². The Kier molecular flexibility index (Phi) is 8.98. The Morgan fingerprint density at radius 2 is 1.48 bits per heavy atom. The van der Waals surface area contributed by atoms with Gasteiger partial charge in [0.2, 0.25) is 0 Å². The van der Waals surface area contributed by atoms with Crippen molar-refractivity contribution in [3.05, 3.63) is 83.4 Å². The van der Waals surface area contributed by atoms with Crippen LogP contribution < -0.4 is 0 Å². The van der Waals surface area contributed by atoms with E-state index >= 15 is 0 Å². The van der Waals surface area contributed by atoms with Gasteiger partial charge in [0, 0.05) is 17.3 Å². The van der Waals surface area contributed by atoms with E-state index in [2.05, 4.69) is 44.8 Å². The number of aliphatic imine (C=N–C) groups is 1. The first-order valence-electron chi connectivity index (χ1n) is 9.26. The van der Waals surface area contributed by atoms with Crippen molar-refractivity contribution in [3.8, 4) is 16.9 Å². The third-order valence-electron chi connectivity index (χ3n) is 4.52. The number of para-hydroxylation sites is 1. The molecule has 0 unspecified atom stereocenters. The van der Waals surface area contributed by atoms with Crippen LogP contribution >= 0.6 is 18.6 Å². The van der Waals surface area contributed by atoms with Crippen LogP contribution in [0.15, 0.2) is 71.7 Å². The van der Waals surface area contributed by atoms with Crippen LogP contribution in [0.4, 0.5) is 5.69 Å². The Labute approximate surface area is 190 Å². The van der Waals surface area contributed by atoms with Crippen molar-refractivity contribution in [1.29, 1.82) is 0 Å². The first-order chi connectivity index (χ1) is 13.8. The average molecular weight is 462 g/mol. The van der Waals surface area contributed by atoms with Crippen molar-refractivity contribution >= 4 is 30.5 Å². The third-order valence-corrected chi connectivity index (χ3v) is 4.52. The van der Waals surface area contributed by atoms with Crippen LogP contribution in [0.5, 0.6) is 5.75 Å². The molecule has 29 heavy (non-hydrogen) atoms. The molecule has 0 atom stereocenters. The molecule has 0 amide bonds. The van der Waals surface area contributed by atoms with E-state index < -0.39 is 17.0 Å². The van der Waals surface area contributed by atoms with Crippen LogP contribution in [0, 0.1) is 6.92 Å². The number of nitrogens with zero attached hydrogens (tertiary/aromatic N) is 1. The summed E-state index contributed by atoms with van der Waals surface area (Å²) >= 11 is -0.556. The van der Waals surface area contributed by atoms with Crippen LogP contribution in [0.1, 0.15) is 37.5 Å². The third kappa shape index (κ3) is 7.01. The number of hydrogen-bond donors (Lipinski definition) is 1. The SMILES string of the molecule is Cc1ccc(-c2cccc(C=Nc3ccc(C(C)(C)C)cc3)c2O)cc1.[Cl][Ti][Cl]. The van der Waals surface area contributed by atoms with E-state index in [-0.39, 0.29) is 11.2 Å². The minimum atomic E-state index is -0.556. The van der Waals surface area contributed by atoms with Crippen molar-refractivity contribution in [3.63, 3.8) is 0 Å². The molecule has 0 aromatic heterocycles. The summed E-state index contributed by atoms with van der Waals surface area (Å²) in [7, 11) is 9.78. The number of benzene rings is 3. The van der Waals surface area contributed by atoms with Gasteiger partial charge in [-0.25, -0.2) is 0 Å². The molecular formula is C24H25Cl2NOTi. The summed E-state index contributed by atoms with van der Waals surface area (Å²) in [6, 6.07) is 22.1. The number of phenols is 1. The first-order valence-corrected chi connectivity index (χ1v) is 13.6. The summed E-state index contributed by atoms with van der Waals surface area (Å²) in [6.45, 7) is 8.64. The van der Waals surface area contributed by atoms with Crippen molar-refractivity contribution in [2.45, 2.75) is 33.1 Å². The molecule has 2 nitrogen and oxygen atoms in total. The summed E-state index contributed by atoms with van der Waals surface area (Å²) in [5.41, 5.74) is 6.00. The van der Waals surface area contributed by atoms with Gasteiger partial charge in [0.1, 0.15) is 5.75 Å². The van der Waals surface area contributed by atoms with Gasteiger partial charge in [-0.3, -0.25) is 4.99 Å². The molecule has 1 N–H and O–H groups in total. The molecule has 0 bridgehead atoms. The predicted molar refractivity (Wildman–Crippen MR) is 122 cm³/mol. The van der Waals surface area contributed by atoms with Crippen molar-refractivity contribution in [1.82, 2.24) is 0 Å². The second-order valence-electron chi connectivity index (χ2n) is 7.74. The molecule has 3 aromatic carbocycles. The average Bonchev–Trinajstić information content (AvgIpc) is 2.68. The van der Waals surface area contributed by atoms with Crippen molar-refractivity contribution < 1.29 is 22.1 Å². The van der Waals surface area contributed by atoms with Gasteiger partial charge in [-0.2, -0.15) is 0 Å². The zero-order valence-electron chi connectivity index (χ0n) is 17.1. The Morgan fingerprint density at radius 3 is 2.03 bits per heavy atom. The molecule has 150 valence electrons. The summed E-state index contributed by atoms with van der Waals surface area (Å²) < 4.78 is 0. The summed E-state index contributed by atoms with van der Waals surface area (Å²) in [5.74, 6) is 0.256. The van der Waals surface area contributed by atoms with Gasteiger partial charge < -0.3 is 5.11 Å². The molecular weight excluding hydrogens is 437 g/mol. The Morgan fingerprint density at radius 1 is 0.897 bits per heavy atom. The zero-order valence-corrected chi connectivity index (χ0v) is 20.2. The number of rotatable bonds is 3. The fraction of sp³-hybridized carbons (Fsp3) is 0.208. The molecule has 0 fully saturated rings. The predicted octanol–water partition coefficient (Wildman–Crippen LogP) is 7.79. The van der Waals surface area contributed by atoms with Gasteiger partial charge in [-0.05, 0) is 41.7 Å². The molecule has 0 aliphatic rings. The molecule has 0 aliphatic heterocycles. The van der Waals surface area contributed by atoms with Crippen LogP contribution in [-0.2, 0) is 22.4 Å². The molecule has 0 spiro atoms. The fourth-order valence-electron chi connectivity index (χ4n) is 2.82. The van der Waals surface area contributed by atoms with Gasteiger partial charge in [0.05, 0.1) is 5.69 Å². The van der Waals surface area contributed by atoms with Crippen molar-refractivity contribution in [2.75, 3.05) is 0 Å². The molecule has 0 heterocycles. The van der Waals surface area contributed by atoms with E-state index in [1.807, 2.05) is 54.6 Å². The minimum absolute atomic E-state index is 0.128. The Hall–Kier alpha value is -1.58. The maximum absolute atomic E-state index is 10.6. The molecule has 0 radical (unpaired) electrons. The molecule has 3 aromatic rings.